The van der Waals surface area contributed by atoms with E-state index >= 15 is 0 Å². The molecule has 0 aliphatic carbocycles. The lowest BCUT2D eigenvalue weighted by Gasteiger charge is -2.20. The molecule has 2 aromatic rings. The number of rotatable bonds is 9. The van der Waals surface area contributed by atoms with Crippen LogP contribution in [0.5, 0.6) is 0 Å². The Morgan fingerprint density at radius 3 is 2.83 bits per heavy atom. The lowest BCUT2D eigenvalue weighted by molar-refractivity contribution is 0.151. The summed E-state index contributed by atoms with van der Waals surface area (Å²) in [6, 6.07) is 3.85. The van der Waals surface area contributed by atoms with Gasteiger partial charge in [-0.15, -0.1) is 0 Å². The third-order valence-electron chi connectivity index (χ3n) is 4.01. The predicted octanol–water partition coefficient (Wildman–Crippen LogP) is 3.27. The Morgan fingerprint density at radius 2 is 2.22 bits per heavy atom. The van der Waals surface area contributed by atoms with Crippen molar-refractivity contribution in [1.82, 2.24) is 14.7 Å². The molecule has 0 radical (unpaired) electrons. The van der Waals surface area contributed by atoms with E-state index in [0.717, 1.165) is 37.6 Å². The quantitative estimate of drug-likeness (QED) is 0.712. The van der Waals surface area contributed by atoms with Crippen molar-refractivity contribution >= 4 is 6.08 Å². The first-order valence-corrected chi connectivity index (χ1v) is 8.10. The van der Waals surface area contributed by atoms with Gasteiger partial charge in [-0.25, -0.2) is 0 Å². The highest BCUT2D eigenvalue weighted by molar-refractivity contribution is 5.42. The summed E-state index contributed by atoms with van der Waals surface area (Å²) in [5.74, 6) is 0.878. The van der Waals surface area contributed by atoms with Crippen LogP contribution < -0.4 is 0 Å². The van der Waals surface area contributed by atoms with Crippen LogP contribution in [0.4, 0.5) is 0 Å². The molecule has 23 heavy (non-hydrogen) atoms. The highest BCUT2D eigenvalue weighted by Crippen LogP contribution is 2.16. The van der Waals surface area contributed by atoms with Gasteiger partial charge in [0.05, 0.1) is 18.6 Å². The van der Waals surface area contributed by atoms with E-state index in [-0.39, 0.29) is 0 Å². The molecule has 0 aliphatic heterocycles. The zero-order valence-corrected chi connectivity index (χ0v) is 14.6. The lowest BCUT2D eigenvalue weighted by Crippen LogP contribution is -2.27. The van der Waals surface area contributed by atoms with Gasteiger partial charge in [0.15, 0.2) is 0 Å². The second kappa shape index (κ2) is 8.70. The van der Waals surface area contributed by atoms with E-state index in [0.29, 0.717) is 6.61 Å². The third-order valence-corrected chi connectivity index (χ3v) is 4.01. The van der Waals surface area contributed by atoms with Crippen molar-refractivity contribution < 1.29 is 9.15 Å². The minimum absolute atomic E-state index is 0.717. The minimum Gasteiger partial charge on any atom is -0.465 e. The van der Waals surface area contributed by atoms with Crippen LogP contribution in [0.3, 0.4) is 0 Å². The van der Waals surface area contributed by atoms with Gasteiger partial charge in [-0.1, -0.05) is 6.08 Å². The van der Waals surface area contributed by atoms with Gasteiger partial charge in [0.2, 0.25) is 0 Å². The van der Waals surface area contributed by atoms with Crippen LogP contribution in [-0.4, -0.2) is 41.5 Å². The van der Waals surface area contributed by atoms with E-state index in [2.05, 4.69) is 41.5 Å². The van der Waals surface area contributed by atoms with Crippen molar-refractivity contribution in [2.75, 3.05) is 26.8 Å². The summed E-state index contributed by atoms with van der Waals surface area (Å²) < 4.78 is 12.6. The second-order valence-corrected chi connectivity index (χ2v) is 5.61. The average Bonchev–Trinajstić information content (AvgIpc) is 3.15. The molecular formula is C18H27N3O2. The zero-order valence-electron chi connectivity index (χ0n) is 14.6. The fourth-order valence-corrected chi connectivity index (χ4v) is 2.65. The van der Waals surface area contributed by atoms with E-state index in [9.17, 15) is 0 Å². The van der Waals surface area contributed by atoms with Crippen molar-refractivity contribution in [3.05, 3.63) is 47.2 Å². The summed E-state index contributed by atoms with van der Waals surface area (Å²) in [4.78, 5) is 2.36. The number of nitrogens with zero attached hydrogens (tertiary/aromatic N) is 3. The van der Waals surface area contributed by atoms with E-state index < -0.39 is 0 Å². The summed E-state index contributed by atoms with van der Waals surface area (Å²) in [5, 5.41) is 4.61. The first kappa shape index (κ1) is 17.5. The molecule has 0 saturated heterocycles. The minimum atomic E-state index is 0.717. The van der Waals surface area contributed by atoms with Gasteiger partial charge >= 0.3 is 0 Å². The fraction of sp³-hybridized carbons (Fsp3) is 0.500. The molecule has 2 heterocycles. The van der Waals surface area contributed by atoms with Crippen LogP contribution in [0.15, 0.2) is 28.9 Å². The van der Waals surface area contributed by atoms with Crippen molar-refractivity contribution in [3.63, 3.8) is 0 Å². The third kappa shape index (κ3) is 4.81. The van der Waals surface area contributed by atoms with Crippen LogP contribution in [-0.2, 0) is 17.8 Å². The Hall–Kier alpha value is -1.85. The number of aryl methyl sites for hydroxylation is 2. The molecular weight excluding hydrogens is 290 g/mol. The summed E-state index contributed by atoms with van der Waals surface area (Å²) in [5.41, 5.74) is 3.68. The summed E-state index contributed by atoms with van der Waals surface area (Å²) in [6.07, 6.45) is 5.83. The Balaban J connectivity index is 2.04. The topological polar surface area (TPSA) is 43.4 Å². The molecule has 5 heteroatoms. The highest BCUT2D eigenvalue weighted by Gasteiger charge is 2.14. The number of hydrogen-bond donors (Lipinski definition) is 0. The number of ether oxygens (including phenoxy) is 1. The van der Waals surface area contributed by atoms with Crippen molar-refractivity contribution in [2.24, 2.45) is 0 Å². The van der Waals surface area contributed by atoms with Gasteiger partial charge in [0.1, 0.15) is 5.76 Å². The number of furan rings is 1. The average molecular weight is 317 g/mol. The molecule has 0 amide bonds. The van der Waals surface area contributed by atoms with Gasteiger partial charge in [-0.2, -0.15) is 5.10 Å². The molecule has 0 aromatic carbocycles. The van der Waals surface area contributed by atoms with Gasteiger partial charge in [0, 0.05) is 44.5 Å². The molecule has 0 spiro atoms. The van der Waals surface area contributed by atoms with Crippen LogP contribution >= 0.6 is 0 Å². The van der Waals surface area contributed by atoms with E-state index in [1.807, 2.05) is 18.2 Å². The van der Waals surface area contributed by atoms with Crippen LogP contribution in [0.1, 0.15) is 29.6 Å². The van der Waals surface area contributed by atoms with Gasteiger partial charge in [-0.05, 0) is 39.0 Å². The lowest BCUT2D eigenvalue weighted by atomic mass is 10.2. The molecule has 0 aliphatic rings. The maximum atomic E-state index is 5.33. The molecule has 0 fully saturated rings. The van der Waals surface area contributed by atoms with E-state index in [1.165, 1.54) is 11.3 Å². The fourth-order valence-electron chi connectivity index (χ4n) is 2.65. The maximum absolute atomic E-state index is 5.33. The molecule has 0 unspecified atom stereocenters. The SMILES string of the molecule is CCn1nc(C)c(CN(C/C=C/c2ccco2)CCOC)c1C. The van der Waals surface area contributed by atoms with Crippen molar-refractivity contribution in [1.29, 1.82) is 0 Å². The normalized spacial score (nSPS) is 11.9. The first-order chi connectivity index (χ1) is 11.2. The Labute approximate surface area is 138 Å². The van der Waals surface area contributed by atoms with E-state index in [1.54, 1.807) is 13.4 Å². The Morgan fingerprint density at radius 1 is 1.39 bits per heavy atom. The molecule has 126 valence electrons. The smallest absolute Gasteiger partial charge is 0.126 e. The monoisotopic (exact) mass is 317 g/mol. The molecule has 2 aromatic heterocycles. The Bertz CT molecular complexity index is 615. The molecule has 2 rings (SSSR count). The largest absolute Gasteiger partial charge is 0.465 e. The van der Waals surface area contributed by atoms with Gasteiger partial charge in [-0.3, -0.25) is 9.58 Å². The van der Waals surface area contributed by atoms with Gasteiger partial charge < -0.3 is 9.15 Å². The number of methoxy groups -OCH3 is 1. The summed E-state index contributed by atoms with van der Waals surface area (Å²) >= 11 is 0. The number of hydrogen-bond acceptors (Lipinski definition) is 4. The molecule has 5 nitrogen and oxygen atoms in total. The van der Waals surface area contributed by atoms with Crippen LogP contribution in [0.25, 0.3) is 6.08 Å². The zero-order chi connectivity index (χ0) is 16.7. The standard InChI is InChI=1S/C18H27N3O2/c1-5-21-16(3)18(15(2)19-21)14-20(11-13-22-4)10-6-8-17-9-7-12-23-17/h6-9,12H,5,10-11,13-14H2,1-4H3/b8-6+. The highest BCUT2D eigenvalue weighted by atomic mass is 16.5. The van der Waals surface area contributed by atoms with E-state index in [4.69, 9.17) is 9.15 Å². The molecule has 0 atom stereocenters. The summed E-state index contributed by atoms with van der Waals surface area (Å²) in [7, 11) is 1.74. The first-order valence-electron chi connectivity index (χ1n) is 8.10. The molecule has 0 bridgehead atoms. The van der Waals surface area contributed by atoms with Crippen LogP contribution in [0.2, 0.25) is 0 Å². The molecule has 0 saturated carbocycles. The van der Waals surface area contributed by atoms with Crippen molar-refractivity contribution in [3.8, 4) is 0 Å². The summed E-state index contributed by atoms with van der Waals surface area (Å²) in [6.45, 7) is 10.6. The van der Waals surface area contributed by atoms with Crippen molar-refractivity contribution in [2.45, 2.75) is 33.9 Å². The maximum Gasteiger partial charge on any atom is 0.126 e. The number of aromatic nitrogens is 2. The predicted molar refractivity (Wildman–Crippen MR) is 92.3 cm³/mol. The second-order valence-electron chi connectivity index (χ2n) is 5.61. The molecule has 0 N–H and O–H groups in total. The van der Waals surface area contributed by atoms with Crippen LogP contribution in [0, 0.1) is 13.8 Å². The van der Waals surface area contributed by atoms with Gasteiger partial charge in [0.25, 0.3) is 0 Å². The Kier molecular flexibility index (Phi) is 6.62.